The smallest absolute Gasteiger partial charge is 0.416 e. The van der Waals surface area contributed by atoms with Crippen LogP contribution in [-0.4, -0.2) is 24.5 Å². The number of nitrogens with one attached hydrogen (secondary N) is 1. The first-order valence-electron chi connectivity index (χ1n) is 7.38. The highest BCUT2D eigenvalue weighted by Gasteiger charge is 2.30. The minimum atomic E-state index is -4.46. The van der Waals surface area contributed by atoms with E-state index in [0.29, 0.717) is 12.0 Å². The molecule has 5 nitrogen and oxygen atoms in total. The van der Waals surface area contributed by atoms with Crippen molar-refractivity contribution in [2.45, 2.75) is 31.5 Å². The summed E-state index contributed by atoms with van der Waals surface area (Å²) in [4.78, 5) is 23.7. The molecule has 0 bridgehead atoms. The van der Waals surface area contributed by atoms with Gasteiger partial charge in [-0.15, -0.1) is 6.58 Å². The van der Waals surface area contributed by atoms with Gasteiger partial charge in [-0.2, -0.15) is 18.4 Å². The Balaban J connectivity index is 2.84. The largest absolute Gasteiger partial charge is 0.449 e. The lowest BCUT2D eigenvalue weighted by molar-refractivity contribution is -0.146. The first-order valence-corrected chi connectivity index (χ1v) is 7.38. The van der Waals surface area contributed by atoms with Crippen molar-refractivity contribution in [2.24, 2.45) is 0 Å². The zero-order valence-corrected chi connectivity index (χ0v) is 13.3. The van der Waals surface area contributed by atoms with Gasteiger partial charge in [0.05, 0.1) is 5.56 Å². The number of allylic oxidation sites excluding steroid dienone is 1. The first-order chi connectivity index (χ1) is 11.8. The predicted molar refractivity (Wildman–Crippen MR) is 83.1 cm³/mol. The fourth-order valence-corrected chi connectivity index (χ4v) is 1.96. The van der Waals surface area contributed by atoms with E-state index in [9.17, 15) is 22.8 Å². The second-order valence-corrected chi connectivity index (χ2v) is 5.11. The van der Waals surface area contributed by atoms with Gasteiger partial charge >= 0.3 is 12.1 Å². The van der Waals surface area contributed by atoms with Crippen LogP contribution in [0.2, 0.25) is 0 Å². The molecular formula is C17H17F3N2O3. The number of amides is 1. The van der Waals surface area contributed by atoms with Crippen molar-refractivity contribution < 1.29 is 27.5 Å². The second kappa shape index (κ2) is 9.47. The average Bonchev–Trinajstić information content (AvgIpc) is 2.56. The number of alkyl halides is 3. The molecule has 1 aromatic carbocycles. The third-order valence-electron chi connectivity index (χ3n) is 3.20. The molecule has 0 fully saturated rings. The van der Waals surface area contributed by atoms with Crippen LogP contribution in [0.1, 0.15) is 24.0 Å². The van der Waals surface area contributed by atoms with Gasteiger partial charge < -0.3 is 10.1 Å². The lowest BCUT2D eigenvalue weighted by Gasteiger charge is -2.17. The molecule has 0 saturated carbocycles. The molecule has 1 aromatic rings. The number of hydrogen-bond donors (Lipinski definition) is 1. The van der Waals surface area contributed by atoms with E-state index in [1.807, 2.05) is 0 Å². The highest BCUT2D eigenvalue weighted by molar-refractivity contribution is 5.84. The lowest BCUT2D eigenvalue weighted by atomic mass is 10.0. The Hall–Kier alpha value is -2.82. The van der Waals surface area contributed by atoms with Gasteiger partial charge in [0.1, 0.15) is 12.1 Å². The maximum absolute atomic E-state index is 12.6. The Morgan fingerprint density at radius 3 is 2.48 bits per heavy atom. The SMILES string of the molecule is C=CCCC(=O)NC(Cc1ccc(C(F)(F)F)cc1)C(=O)OCC#N. The Bertz CT molecular complexity index is 649. The number of hydrogen-bond acceptors (Lipinski definition) is 4. The van der Waals surface area contributed by atoms with Gasteiger partial charge in [-0.05, 0) is 24.1 Å². The Morgan fingerprint density at radius 2 is 1.96 bits per heavy atom. The number of halogens is 3. The van der Waals surface area contributed by atoms with Gasteiger partial charge in [-0.3, -0.25) is 4.79 Å². The monoisotopic (exact) mass is 354 g/mol. The predicted octanol–water partition coefficient (Wildman–Crippen LogP) is 2.77. The standard InChI is InChI=1S/C17H17F3N2O3/c1-2-3-4-15(23)22-14(16(24)25-10-9-21)11-12-5-7-13(8-6-12)17(18,19)20/h2,5-8,14H,1,3-4,10-11H2,(H,22,23). The van der Waals surface area contributed by atoms with Gasteiger partial charge in [0.2, 0.25) is 5.91 Å². The maximum Gasteiger partial charge on any atom is 0.416 e. The van der Waals surface area contributed by atoms with E-state index in [1.54, 1.807) is 12.1 Å². The summed E-state index contributed by atoms with van der Waals surface area (Å²) in [5, 5.41) is 10.9. The summed E-state index contributed by atoms with van der Waals surface area (Å²) >= 11 is 0. The zero-order chi connectivity index (χ0) is 18.9. The summed E-state index contributed by atoms with van der Waals surface area (Å²) in [7, 11) is 0. The van der Waals surface area contributed by atoms with Crippen LogP contribution in [0.25, 0.3) is 0 Å². The van der Waals surface area contributed by atoms with Gasteiger partial charge in [-0.25, -0.2) is 4.79 Å². The third kappa shape index (κ3) is 7.08. The summed E-state index contributed by atoms with van der Waals surface area (Å²) in [6.07, 6.45) is -2.45. The van der Waals surface area contributed by atoms with Crippen LogP contribution in [0.4, 0.5) is 13.2 Å². The molecule has 0 aliphatic heterocycles. The number of esters is 1. The molecule has 1 atom stereocenters. The fourth-order valence-electron chi connectivity index (χ4n) is 1.96. The number of benzene rings is 1. The van der Waals surface area contributed by atoms with Crippen molar-refractivity contribution in [1.29, 1.82) is 5.26 Å². The number of nitriles is 1. The summed E-state index contributed by atoms with van der Waals surface area (Å²) in [5.74, 6) is -1.25. The molecule has 1 unspecified atom stereocenters. The summed E-state index contributed by atoms with van der Waals surface area (Å²) in [6, 6.07) is 4.78. The molecular weight excluding hydrogens is 337 g/mol. The molecule has 0 aliphatic rings. The highest BCUT2D eigenvalue weighted by atomic mass is 19.4. The molecule has 1 N–H and O–H groups in total. The molecule has 0 radical (unpaired) electrons. The minimum Gasteiger partial charge on any atom is -0.449 e. The van der Waals surface area contributed by atoms with E-state index in [4.69, 9.17) is 10.00 Å². The van der Waals surface area contributed by atoms with Crippen LogP contribution < -0.4 is 5.32 Å². The summed E-state index contributed by atoms with van der Waals surface area (Å²) in [5.41, 5.74) is -0.397. The van der Waals surface area contributed by atoms with Crippen molar-refractivity contribution in [2.75, 3.05) is 6.61 Å². The summed E-state index contributed by atoms with van der Waals surface area (Å²) in [6.45, 7) is 3.00. The van der Waals surface area contributed by atoms with Crippen LogP contribution >= 0.6 is 0 Å². The fraction of sp³-hybridized carbons (Fsp3) is 0.353. The molecule has 0 saturated heterocycles. The Morgan fingerprint density at radius 1 is 1.32 bits per heavy atom. The van der Waals surface area contributed by atoms with Gasteiger partial charge in [0.25, 0.3) is 0 Å². The highest BCUT2D eigenvalue weighted by Crippen LogP contribution is 2.29. The number of nitrogens with zero attached hydrogens (tertiary/aromatic N) is 1. The first kappa shape index (κ1) is 20.2. The maximum atomic E-state index is 12.6. The number of rotatable bonds is 8. The average molecular weight is 354 g/mol. The number of carbonyl (C=O) groups is 2. The molecule has 0 spiro atoms. The van der Waals surface area contributed by atoms with Crippen LogP contribution in [0.5, 0.6) is 0 Å². The number of carbonyl (C=O) groups excluding carboxylic acids is 2. The van der Waals surface area contributed by atoms with Crippen LogP contribution in [0.15, 0.2) is 36.9 Å². The van der Waals surface area contributed by atoms with Gasteiger partial charge in [0, 0.05) is 12.8 Å². The molecule has 8 heteroatoms. The van der Waals surface area contributed by atoms with Crippen molar-refractivity contribution in [3.05, 3.63) is 48.0 Å². The molecule has 1 amide bonds. The van der Waals surface area contributed by atoms with E-state index in [2.05, 4.69) is 11.9 Å². The molecule has 0 heterocycles. The Labute approximate surface area is 143 Å². The number of ether oxygens (including phenoxy) is 1. The van der Waals surface area contributed by atoms with Crippen molar-refractivity contribution >= 4 is 11.9 Å². The van der Waals surface area contributed by atoms with Crippen molar-refractivity contribution in [3.63, 3.8) is 0 Å². The van der Waals surface area contributed by atoms with E-state index < -0.39 is 36.3 Å². The minimum absolute atomic E-state index is 0.0533. The molecule has 1 rings (SSSR count). The van der Waals surface area contributed by atoms with E-state index >= 15 is 0 Å². The molecule has 134 valence electrons. The van der Waals surface area contributed by atoms with E-state index in [-0.39, 0.29) is 12.8 Å². The van der Waals surface area contributed by atoms with Crippen molar-refractivity contribution in [1.82, 2.24) is 5.32 Å². The topological polar surface area (TPSA) is 79.2 Å². The van der Waals surface area contributed by atoms with E-state index in [0.717, 1.165) is 12.1 Å². The Kier molecular flexibility index (Phi) is 7.66. The van der Waals surface area contributed by atoms with Crippen LogP contribution in [-0.2, 0) is 26.9 Å². The zero-order valence-electron chi connectivity index (χ0n) is 13.3. The van der Waals surface area contributed by atoms with Gasteiger partial charge in [-0.1, -0.05) is 18.2 Å². The lowest BCUT2D eigenvalue weighted by Crippen LogP contribution is -2.43. The van der Waals surface area contributed by atoms with Crippen LogP contribution in [0, 0.1) is 11.3 Å². The van der Waals surface area contributed by atoms with Crippen LogP contribution in [0.3, 0.4) is 0 Å². The second-order valence-electron chi connectivity index (χ2n) is 5.11. The molecule has 25 heavy (non-hydrogen) atoms. The van der Waals surface area contributed by atoms with Gasteiger partial charge in [0.15, 0.2) is 6.61 Å². The molecule has 0 aliphatic carbocycles. The van der Waals surface area contributed by atoms with E-state index in [1.165, 1.54) is 12.1 Å². The normalized spacial score (nSPS) is 11.9. The summed E-state index contributed by atoms with van der Waals surface area (Å²) < 4.78 is 42.4. The third-order valence-corrected chi connectivity index (χ3v) is 3.20. The van der Waals surface area contributed by atoms with Crippen molar-refractivity contribution in [3.8, 4) is 6.07 Å². The quantitative estimate of drug-likeness (QED) is 0.575. The molecule has 0 aromatic heterocycles.